The third-order valence-electron chi connectivity index (χ3n) is 4.79. The van der Waals surface area contributed by atoms with Gasteiger partial charge in [0, 0.05) is 23.0 Å². The molecular formula is C23H21N. The molecule has 0 amide bonds. The van der Waals surface area contributed by atoms with Gasteiger partial charge in [-0.2, -0.15) is 0 Å². The molecule has 0 spiro atoms. The van der Waals surface area contributed by atoms with Crippen molar-refractivity contribution in [1.82, 2.24) is 4.98 Å². The lowest BCUT2D eigenvalue weighted by atomic mass is 9.85. The maximum Gasteiger partial charge on any atom is 0.0489 e. The molecule has 118 valence electrons. The highest BCUT2D eigenvalue weighted by atomic mass is 14.7. The van der Waals surface area contributed by atoms with Gasteiger partial charge in [0.2, 0.25) is 0 Å². The molecule has 0 aliphatic rings. The van der Waals surface area contributed by atoms with Gasteiger partial charge in [-0.1, -0.05) is 85.8 Å². The molecule has 0 aliphatic heterocycles. The third kappa shape index (κ3) is 2.52. The van der Waals surface area contributed by atoms with Crippen molar-refractivity contribution >= 4 is 10.9 Å². The molecule has 24 heavy (non-hydrogen) atoms. The van der Waals surface area contributed by atoms with E-state index in [1.54, 1.807) is 0 Å². The first kappa shape index (κ1) is 14.8. The van der Waals surface area contributed by atoms with E-state index in [1.807, 2.05) is 0 Å². The number of hydrogen-bond acceptors (Lipinski definition) is 0. The van der Waals surface area contributed by atoms with Crippen LogP contribution in [0.3, 0.4) is 0 Å². The number of H-pyrrole nitrogens is 1. The quantitative estimate of drug-likeness (QED) is 0.482. The largest absolute Gasteiger partial charge is 0.361 e. The van der Waals surface area contributed by atoms with Crippen molar-refractivity contribution in [2.75, 3.05) is 0 Å². The van der Waals surface area contributed by atoms with E-state index in [0.717, 1.165) is 6.42 Å². The molecule has 0 fully saturated rings. The summed E-state index contributed by atoms with van der Waals surface area (Å²) in [6, 6.07) is 28.2. The molecule has 0 bridgehead atoms. The van der Waals surface area contributed by atoms with E-state index < -0.39 is 0 Å². The van der Waals surface area contributed by atoms with Gasteiger partial charge in [0.25, 0.3) is 0 Å². The topological polar surface area (TPSA) is 15.8 Å². The van der Waals surface area contributed by atoms with Crippen molar-refractivity contribution in [2.45, 2.75) is 19.3 Å². The second-order valence-corrected chi connectivity index (χ2v) is 6.19. The molecule has 0 unspecified atom stereocenters. The summed E-state index contributed by atoms with van der Waals surface area (Å²) in [5, 5.41) is 1.33. The van der Waals surface area contributed by atoms with E-state index >= 15 is 0 Å². The van der Waals surface area contributed by atoms with Crippen molar-refractivity contribution in [2.24, 2.45) is 0 Å². The van der Waals surface area contributed by atoms with Crippen LogP contribution >= 0.6 is 0 Å². The smallest absolute Gasteiger partial charge is 0.0489 e. The lowest BCUT2D eigenvalue weighted by Gasteiger charge is -2.18. The molecule has 1 heteroatoms. The summed E-state index contributed by atoms with van der Waals surface area (Å²) >= 11 is 0. The Morgan fingerprint density at radius 3 is 1.96 bits per heavy atom. The van der Waals surface area contributed by atoms with Crippen LogP contribution in [0.25, 0.3) is 10.9 Å². The van der Waals surface area contributed by atoms with Crippen LogP contribution in [-0.2, 0) is 6.42 Å². The van der Waals surface area contributed by atoms with Crippen molar-refractivity contribution in [3.8, 4) is 0 Å². The number of benzene rings is 3. The molecule has 1 aromatic heterocycles. The van der Waals surface area contributed by atoms with Crippen LogP contribution in [0.15, 0.2) is 85.1 Å². The zero-order chi connectivity index (χ0) is 16.4. The first-order valence-electron chi connectivity index (χ1n) is 8.57. The highest BCUT2D eigenvalue weighted by Gasteiger charge is 2.20. The minimum Gasteiger partial charge on any atom is -0.361 e. The molecular weight excluding hydrogens is 290 g/mol. The Bertz CT molecular complexity index is 896. The second kappa shape index (κ2) is 6.37. The van der Waals surface area contributed by atoms with Crippen LogP contribution < -0.4 is 0 Å². The molecule has 3 aromatic carbocycles. The molecule has 0 saturated heterocycles. The molecule has 4 rings (SSSR count). The zero-order valence-electron chi connectivity index (χ0n) is 13.9. The lowest BCUT2D eigenvalue weighted by molar-refractivity contribution is 0.988. The van der Waals surface area contributed by atoms with Crippen LogP contribution in [0.4, 0.5) is 0 Å². The lowest BCUT2D eigenvalue weighted by Crippen LogP contribution is -2.02. The van der Waals surface area contributed by atoms with Gasteiger partial charge in [0.1, 0.15) is 0 Å². The molecule has 4 aromatic rings. The number of rotatable bonds is 4. The van der Waals surface area contributed by atoms with Crippen molar-refractivity contribution in [1.29, 1.82) is 0 Å². The van der Waals surface area contributed by atoms with E-state index in [9.17, 15) is 0 Å². The van der Waals surface area contributed by atoms with Gasteiger partial charge >= 0.3 is 0 Å². The molecule has 0 atom stereocenters. The number of aromatic amines is 1. The zero-order valence-corrected chi connectivity index (χ0v) is 13.9. The third-order valence-corrected chi connectivity index (χ3v) is 4.79. The minimum absolute atomic E-state index is 0.244. The van der Waals surface area contributed by atoms with Gasteiger partial charge < -0.3 is 4.98 Å². The van der Waals surface area contributed by atoms with Crippen LogP contribution in [0.2, 0.25) is 0 Å². The normalized spacial score (nSPS) is 11.2. The number of fused-ring (bicyclic) bond motifs is 1. The fraction of sp³-hybridized carbons (Fsp3) is 0.130. The number of aromatic nitrogens is 1. The maximum atomic E-state index is 3.53. The summed E-state index contributed by atoms with van der Waals surface area (Å²) in [6.07, 6.45) is 3.23. The number of para-hydroxylation sites is 1. The molecule has 0 radical (unpaired) electrons. The fourth-order valence-electron chi connectivity index (χ4n) is 3.61. The Kier molecular flexibility index (Phi) is 3.92. The maximum absolute atomic E-state index is 3.53. The van der Waals surface area contributed by atoms with E-state index in [-0.39, 0.29) is 5.92 Å². The molecule has 1 heterocycles. The van der Waals surface area contributed by atoms with Gasteiger partial charge in [-0.05, 0) is 28.7 Å². The summed E-state index contributed by atoms with van der Waals surface area (Å²) < 4.78 is 0. The second-order valence-electron chi connectivity index (χ2n) is 6.19. The Labute approximate surface area is 143 Å². The summed E-state index contributed by atoms with van der Waals surface area (Å²) in [7, 11) is 0. The molecule has 0 saturated carbocycles. The van der Waals surface area contributed by atoms with Gasteiger partial charge in [0.05, 0.1) is 0 Å². The van der Waals surface area contributed by atoms with Gasteiger partial charge in [-0.3, -0.25) is 0 Å². The van der Waals surface area contributed by atoms with Crippen molar-refractivity contribution < 1.29 is 0 Å². The van der Waals surface area contributed by atoms with Crippen molar-refractivity contribution in [3.63, 3.8) is 0 Å². The highest BCUT2D eigenvalue weighted by molar-refractivity contribution is 5.87. The van der Waals surface area contributed by atoms with E-state index in [2.05, 4.69) is 97.0 Å². The van der Waals surface area contributed by atoms with E-state index in [0.29, 0.717) is 0 Å². The number of hydrogen-bond donors (Lipinski definition) is 1. The van der Waals surface area contributed by atoms with E-state index in [4.69, 9.17) is 0 Å². The van der Waals surface area contributed by atoms with Crippen LogP contribution in [0.5, 0.6) is 0 Å². The van der Waals surface area contributed by atoms with Crippen molar-refractivity contribution in [3.05, 3.63) is 107 Å². The summed E-state index contributed by atoms with van der Waals surface area (Å²) in [5.74, 6) is 0.244. The van der Waals surface area contributed by atoms with Gasteiger partial charge in [0.15, 0.2) is 0 Å². The monoisotopic (exact) mass is 311 g/mol. The molecule has 1 nitrogen and oxygen atoms in total. The predicted octanol–water partition coefficient (Wildman–Crippen LogP) is 5.91. The van der Waals surface area contributed by atoms with Gasteiger partial charge in [-0.15, -0.1) is 0 Å². The minimum atomic E-state index is 0.244. The predicted molar refractivity (Wildman–Crippen MR) is 102 cm³/mol. The Balaban J connectivity index is 1.95. The van der Waals surface area contributed by atoms with Crippen LogP contribution in [0.1, 0.15) is 35.1 Å². The highest BCUT2D eigenvalue weighted by Crippen LogP contribution is 2.36. The van der Waals surface area contributed by atoms with Crippen LogP contribution in [-0.4, -0.2) is 4.98 Å². The summed E-state index contributed by atoms with van der Waals surface area (Å²) in [4.78, 5) is 3.53. The summed E-state index contributed by atoms with van der Waals surface area (Å²) in [5.41, 5.74) is 6.64. The van der Waals surface area contributed by atoms with E-state index in [1.165, 1.54) is 33.2 Å². The standard InChI is InChI=1S/C23H21N/c1-2-17-14-9-15-20-21(16-24-23(17)20)22(18-10-5-3-6-11-18)19-12-7-4-8-13-19/h3-16,22,24H,2H2,1H3. The number of aryl methyl sites for hydroxylation is 1. The Hall–Kier alpha value is -2.80. The summed E-state index contributed by atoms with van der Waals surface area (Å²) in [6.45, 7) is 2.21. The van der Waals surface area contributed by atoms with Crippen LogP contribution in [0, 0.1) is 0 Å². The number of nitrogens with one attached hydrogen (secondary N) is 1. The SMILES string of the molecule is CCc1cccc2c(C(c3ccccc3)c3ccccc3)c[nH]c12. The Morgan fingerprint density at radius 1 is 0.750 bits per heavy atom. The Morgan fingerprint density at radius 2 is 1.38 bits per heavy atom. The average molecular weight is 311 g/mol. The van der Waals surface area contributed by atoms with Gasteiger partial charge in [-0.25, -0.2) is 0 Å². The molecule has 1 N–H and O–H groups in total. The first-order chi connectivity index (χ1) is 11.9. The molecule has 0 aliphatic carbocycles. The first-order valence-corrected chi connectivity index (χ1v) is 8.57. The average Bonchev–Trinajstić information content (AvgIpc) is 3.08. The fourth-order valence-corrected chi connectivity index (χ4v) is 3.61.